The van der Waals surface area contributed by atoms with E-state index in [1.54, 1.807) is 12.3 Å². The molecule has 2 aromatic rings. The molecule has 0 bridgehead atoms. The quantitative estimate of drug-likeness (QED) is 0.895. The lowest BCUT2D eigenvalue weighted by molar-refractivity contribution is 0.470. The van der Waals surface area contributed by atoms with Crippen LogP contribution in [0.3, 0.4) is 0 Å². The van der Waals surface area contributed by atoms with Crippen LogP contribution in [0.25, 0.3) is 0 Å². The molecule has 5 heteroatoms. The van der Waals surface area contributed by atoms with Crippen LogP contribution in [0.4, 0.5) is 4.39 Å². The summed E-state index contributed by atoms with van der Waals surface area (Å²) in [5.41, 5.74) is 1.06. The molecule has 0 atom stereocenters. The minimum atomic E-state index is -0.331. The second-order valence-electron chi connectivity index (χ2n) is 4.86. The molecule has 20 heavy (non-hydrogen) atoms. The number of hydrogen-bond donors (Lipinski definition) is 1. The van der Waals surface area contributed by atoms with Gasteiger partial charge in [0.05, 0.1) is 10.7 Å². The fourth-order valence-corrected chi connectivity index (χ4v) is 2.18. The van der Waals surface area contributed by atoms with Gasteiger partial charge in [0, 0.05) is 24.8 Å². The Bertz CT molecular complexity index is 617. The molecule has 1 saturated carbocycles. The van der Waals surface area contributed by atoms with E-state index in [9.17, 15) is 4.39 Å². The number of nitrogens with zero attached hydrogens (tertiary/aromatic N) is 1. The van der Waals surface area contributed by atoms with Gasteiger partial charge in [0.25, 0.3) is 0 Å². The molecule has 0 aliphatic heterocycles. The first-order valence-corrected chi connectivity index (χ1v) is 7.30. The fraction of sp³-hybridized carbons (Fsp3) is 0.267. The highest BCUT2D eigenvalue weighted by Crippen LogP contribution is 2.30. The predicted molar refractivity (Wildman–Crippen MR) is 78.3 cm³/mol. The van der Waals surface area contributed by atoms with Gasteiger partial charge in [0.2, 0.25) is 0 Å². The molecule has 1 heterocycles. The van der Waals surface area contributed by atoms with Crippen molar-refractivity contribution in [3.8, 4) is 11.5 Å². The molecule has 3 nitrogen and oxygen atoms in total. The zero-order valence-corrected chi connectivity index (χ0v) is 12.4. The molecule has 0 unspecified atom stereocenters. The number of rotatable bonds is 5. The minimum Gasteiger partial charge on any atom is -0.454 e. The topological polar surface area (TPSA) is 34.1 Å². The number of benzene rings is 1. The smallest absolute Gasteiger partial charge is 0.146 e. The van der Waals surface area contributed by atoms with Crippen molar-refractivity contribution in [3.63, 3.8) is 0 Å². The van der Waals surface area contributed by atoms with Gasteiger partial charge in [-0.2, -0.15) is 0 Å². The highest BCUT2D eigenvalue weighted by molar-refractivity contribution is 9.10. The highest BCUT2D eigenvalue weighted by atomic mass is 79.9. The lowest BCUT2D eigenvalue weighted by Gasteiger charge is -2.09. The van der Waals surface area contributed by atoms with Crippen molar-refractivity contribution in [1.29, 1.82) is 0 Å². The third-order valence-corrected chi connectivity index (χ3v) is 3.72. The summed E-state index contributed by atoms with van der Waals surface area (Å²) in [6.07, 6.45) is 5.93. The van der Waals surface area contributed by atoms with Gasteiger partial charge in [-0.25, -0.2) is 4.39 Å². The summed E-state index contributed by atoms with van der Waals surface area (Å²) in [7, 11) is 0. The van der Waals surface area contributed by atoms with E-state index in [0.717, 1.165) is 12.1 Å². The number of pyridine rings is 1. The molecular formula is C15H14BrFN2O. The Kier molecular flexibility index (Phi) is 3.98. The maximum Gasteiger partial charge on any atom is 0.146 e. The maximum atomic E-state index is 13.2. The summed E-state index contributed by atoms with van der Waals surface area (Å²) in [5, 5.41) is 3.42. The van der Waals surface area contributed by atoms with Crippen LogP contribution in [0, 0.1) is 5.82 Å². The second kappa shape index (κ2) is 5.89. The van der Waals surface area contributed by atoms with E-state index in [4.69, 9.17) is 4.74 Å². The van der Waals surface area contributed by atoms with Crippen molar-refractivity contribution >= 4 is 15.9 Å². The summed E-state index contributed by atoms with van der Waals surface area (Å²) in [5.74, 6) is 0.716. The summed E-state index contributed by atoms with van der Waals surface area (Å²) >= 11 is 3.34. The van der Waals surface area contributed by atoms with Gasteiger partial charge in [-0.3, -0.25) is 4.98 Å². The molecule has 104 valence electrons. The van der Waals surface area contributed by atoms with Gasteiger partial charge in [-0.1, -0.05) is 0 Å². The first kappa shape index (κ1) is 13.5. The van der Waals surface area contributed by atoms with Crippen molar-refractivity contribution in [2.24, 2.45) is 0 Å². The lowest BCUT2D eigenvalue weighted by Crippen LogP contribution is -2.15. The van der Waals surface area contributed by atoms with Gasteiger partial charge in [0.15, 0.2) is 0 Å². The van der Waals surface area contributed by atoms with E-state index in [1.807, 2.05) is 12.3 Å². The summed E-state index contributed by atoms with van der Waals surface area (Å²) in [6, 6.07) is 6.91. The van der Waals surface area contributed by atoms with E-state index >= 15 is 0 Å². The molecule has 1 aliphatic carbocycles. The predicted octanol–water partition coefficient (Wildman–Crippen LogP) is 4.03. The summed E-state index contributed by atoms with van der Waals surface area (Å²) < 4.78 is 19.6. The Hall–Kier alpha value is -1.46. The van der Waals surface area contributed by atoms with E-state index in [-0.39, 0.29) is 5.82 Å². The van der Waals surface area contributed by atoms with Gasteiger partial charge >= 0.3 is 0 Å². The molecule has 1 aliphatic rings. The SMILES string of the molecule is Fc1ccc(Br)c(Oc2cncc(CNC3CC3)c2)c1. The zero-order valence-electron chi connectivity index (χ0n) is 10.8. The number of aromatic nitrogens is 1. The molecule has 1 fully saturated rings. The molecule has 0 radical (unpaired) electrons. The molecule has 0 spiro atoms. The van der Waals surface area contributed by atoms with E-state index in [1.165, 1.54) is 25.0 Å². The number of nitrogens with one attached hydrogen (secondary N) is 1. The zero-order chi connectivity index (χ0) is 13.9. The van der Waals surface area contributed by atoms with Crippen LogP contribution >= 0.6 is 15.9 Å². The Morgan fingerprint density at radius 1 is 1.30 bits per heavy atom. The van der Waals surface area contributed by atoms with Crippen molar-refractivity contribution in [2.45, 2.75) is 25.4 Å². The van der Waals surface area contributed by atoms with Crippen LogP contribution in [0.1, 0.15) is 18.4 Å². The van der Waals surface area contributed by atoms with Crippen LogP contribution in [-0.2, 0) is 6.54 Å². The first-order valence-electron chi connectivity index (χ1n) is 6.51. The lowest BCUT2D eigenvalue weighted by atomic mass is 10.2. The largest absolute Gasteiger partial charge is 0.454 e. The molecule has 0 amide bonds. The molecule has 1 aromatic heterocycles. The molecule has 3 rings (SSSR count). The Balaban J connectivity index is 1.72. The van der Waals surface area contributed by atoms with Crippen LogP contribution in [0.2, 0.25) is 0 Å². The van der Waals surface area contributed by atoms with Crippen molar-refractivity contribution in [3.05, 3.63) is 52.5 Å². The van der Waals surface area contributed by atoms with Crippen LogP contribution < -0.4 is 10.1 Å². The average molecular weight is 337 g/mol. The molecule has 1 aromatic carbocycles. The van der Waals surface area contributed by atoms with E-state index in [0.29, 0.717) is 22.0 Å². The normalized spacial score (nSPS) is 14.3. The molecular weight excluding hydrogens is 323 g/mol. The van der Waals surface area contributed by atoms with E-state index in [2.05, 4.69) is 26.2 Å². The van der Waals surface area contributed by atoms with Crippen molar-refractivity contribution < 1.29 is 9.13 Å². The van der Waals surface area contributed by atoms with Gasteiger partial charge in [0.1, 0.15) is 17.3 Å². The van der Waals surface area contributed by atoms with Crippen molar-refractivity contribution in [2.75, 3.05) is 0 Å². The maximum absolute atomic E-state index is 13.2. The average Bonchev–Trinajstić information content (AvgIpc) is 3.25. The summed E-state index contributed by atoms with van der Waals surface area (Å²) in [6.45, 7) is 0.777. The fourth-order valence-electron chi connectivity index (χ4n) is 1.85. The third kappa shape index (κ3) is 3.55. The molecule has 1 N–H and O–H groups in total. The number of hydrogen-bond acceptors (Lipinski definition) is 3. The Labute approximate surface area is 125 Å². The highest BCUT2D eigenvalue weighted by Gasteiger charge is 2.20. The number of ether oxygens (including phenoxy) is 1. The monoisotopic (exact) mass is 336 g/mol. The van der Waals surface area contributed by atoms with Crippen molar-refractivity contribution in [1.82, 2.24) is 10.3 Å². The standard InChI is InChI=1S/C15H14BrFN2O/c16-14-4-1-11(17)6-15(14)20-13-5-10(7-18-9-13)8-19-12-2-3-12/h1,4-7,9,12,19H,2-3,8H2. The van der Waals surface area contributed by atoms with Gasteiger partial charge in [-0.15, -0.1) is 0 Å². The molecule has 0 saturated heterocycles. The Morgan fingerprint density at radius 2 is 2.15 bits per heavy atom. The van der Waals surface area contributed by atoms with Gasteiger partial charge < -0.3 is 10.1 Å². The number of halogens is 2. The van der Waals surface area contributed by atoms with E-state index < -0.39 is 0 Å². The second-order valence-corrected chi connectivity index (χ2v) is 5.72. The summed E-state index contributed by atoms with van der Waals surface area (Å²) in [4.78, 5) is 4.16. The first-order chi connectivity index (χ1) is 9.70. The van der Waals surface area contributed by atoms with Crippen LogP contribution in [0.15, 0.2) is 41.1 Å². The Morgan fingerprint density at radius 3 is 2.95 bits per heavy atom. The van der Waals surface area contributed by atoms with Gasteiger partial charge in [-0.05, 0) is 52.5 Å². The third-order valence-electron chi connectivity index (χ3n) is 3.06. The minimum absolute atomic E-state index is 0.331. The van der Waals surface area contributed by atoms with Crippen LogP contribution in [0.5, 0.6) is 11.5 Å². The van der Waals surface area contributed by atoms with Crippen LogP contribution in [-0.4, -0.2) is 11.0 Å².